The van der Waals surface area contributed by atoms with Crippen molar-refractivity contribution in [1.29, 1.82) is 0 Å². The van der Waals surface area contributed by atoms with Gasteiger partial charge in [-0.1, -0.05) is 32.0 Å². The Kier molecular flexibility index (Phi) is 6.18. The van der Waals surface area contributed by atoms with E-state index in [1.807, 2.05) is 42.0 Å². The summed E-state index contributed by atoms with van der Waals surface area (Å²) < 4.78 is 7.99. The van der Waals surface area contributed by atoms with E-state index in [-0.39, 0.29) is 18.5 Å². The molecule has 0 spiro atoms. The Labute approximate surface area is 177 Å². The normalized spacial score (nSPS) is 16.8. The maximum absolute atomic E-state index is 12.4. The number of amides is 1. The molecular weight excluding hydrogens is 378 g/mol. The van der Waals surface area contributed by atoms with Crippen molar-refractivity contribution in [3.8, 4) is 11.5 Å². The molecule has 1 saturated heterocycles. The number of carbonyl (C=O) groups is 1. The topological polar surface area (TPSA) is 76.2 Å². The number of hydrogen-bond donors (Lipinski definition) is 1. The fraction of sp³-hybridized carbons (Fsp3) is 0.522. The van der Waals surface area contributed by atoms with Gasteiger partial charge in [-0.3, -0.25) is 9.69 Å². The first-order valence-electron chi connectivity index (χ1n) is 11.0. The molecule has 1 aromatic carbocycles. The molecule has 1 aliphatic heterocycles. The Morgan fingerprint density at radius 2 is 2.03 bits per heavy atom. The number of likely N-dealkylation sites (tertiary alicyclic amines) is 1. The Hall–Kier alpha value is -2.67. The molecule has 160 valence electrons. The lowest BCUT2D eigenvalue weighted by molar-refractivity contribution is -0.122. The van der Waals surface area contributed by atoms with E-state index in [4.69, 9.17) is 4.42 Å². The maximum atomic E-state index is 12.4. The third kappa shape index (κ3) is 4.56. The van der Waals surface area contributed by atoms with Crippen molar-refractivity contribution in [3.63, 3.8) is 0 Å². The summed E-state index contributed by atoms with van der Waals surface area (Å²) in [6.45, 7) is 9.48. The molecule has 7 nitrogen and oxygen atoms in total. The van der Waals surface area contributed by atoms with Crippen LogP contribution in [0.25, 0.3) is 22.4 Å². The molecule has 1 N–H and O–H groups in total. The minimum absolute atomic E-state index is 0.00204. The highest BCUT2D eigenvalue weighted by atomic mass is 16.4. The molecule has 30 heavy (non-hydrogen) atoms. The molecule has 0 radical (unpaired) electrons. The SMILES string of the molecule is CCC(C)NC(=O)Cn1cc(-c2nnc(CN3CCC(C)CC3)o2)c2ccccc21. The van der Waals surface area contributed by atoms with Crippen LogP contribution in [-0.2, 0) is 17.9 Å². The molecule has 1 fully saturated rings. The smallest absolute Gasteiger partial charge is 0.249 e. The minimum atomic E-state index is 0.00204. The van der Waals surface area contributed by atoms with Gasteiger partial charge in [-0.2, -0.15) is 0 Å². The second-order valence-electron chi connectivity index (χ2n) is 8.52. The summed E-state index contributed by atoms with van der Waals surface area (Å²) in [6.07, 6.45) is 5.28. The molecule has 1 atom stereocenters. The van der Waals surface area contributed by atoms with Gasteiger partial charge in [0.15, 0.2) is 0 Å². The highest BCUT2D eigenvalue weighted by molar-refractivity contribution is 5.94. The van der Waals surface area contributed by atoms with Crippen molar-refractivity contribution in [2.24, 2.45) is 5.92 Å². The average molecular weight is 410 g/mol. The van der Waals surface area contributed by atoms with E-state index in [1.54, 1.807) is 0 Å². The molecule has 1 unspecified atom stereocenters. The van der Waals surface area contributed by atoms with E-state index in [0.29, 0.717) is 18.3 Å². The fourth-order valence-corrected chi connectivity index (χ4v) is 3.96. The lowest BCUT2D eigenvalue weighted by Crippen LogP contribution is -2.34. The van der Waals surface area contributed by atoms with Crippen molar-refractivity contribution in [2.75, 3.05) is 13.1 Å². The molecule has 0 bridgehead atoms. The monoisotopic (exact) mass is 409 g/mol. The van der Waals surface area contributed by atoms with Gasteiger partial charge < -0.3 is 14.3 Å². The number of aromatic nitrogens is 3. The Bertz CT molecular complexity index is 1000. The Morgan fingerprint density at radius 1 is 1.27 bits per heavy atom. The van der Waals surface area contributed by atoms with E-state index in [1.165, 1.54) is 12.8 Å². The second-order valence-corrected chi connectivity index (χ2v) is 8.52. The summed E-state index contributed by atoms with van der Waals surface area (Å²) in [7, 11) is 0. The van der Waals surface area contributed by atoms with Gasteiger partial charge in [0.25, 0.3) is 0 Å². The molecule has 3 heterocycles. The van der Waals surface area contributed by atoms with Crippen LogP contribution in [0.1, 0.15) is 45.9 Å². The van der Waals surface area contributed by atoms with E-state index in [0.717, 1.165) is 41.9 Å². The number of carbonyl (C=O) groups excluding carboxylic acids is 1. The highest BCUT2D eigenvalue weighted by Crippen LogP contribution is 2.30. The van der Waals surface area contributed by atoms with Gasteiger partial charge in [-0.15, -0.1) is 10.2 Å². The van der Waals surface area contributed by atoms with Crippen LogP contribution >= 0.6 is 0 Å². The average Bonchev–Trinajstić information content (AvgIpc) is 3.34. The van der Waals surface area contributed by atoms with E-state index in [9.17, 15) is 4.79 Å². The molecule has 1 amide bonds. The van der Waals surface area contributed by atoms with Crippen molar-refractivity contribution < 1.29 is 9.21 Å². The number of piperidine rings is 1. The highest BCUT2D eigenvalue weighted by Gasteiger charge is 2.20. The predicted molar refractivity (Wildman–Crippen MR) is 117 cm³/mol. The van der Waals surface area contributed by atoms with Crippen molar-refractivity contribution in [1.82, 2.24) is 25.0 Å². The lowest BCUT2D eigenvalue weighted by atomic mass is 9.99. The third-order valence-corrected chi connectivity index (χ3v) is 6.05. The summed E-state index contributed by atoms with van der Waals surface area (Å²) in [4.78, 5) is 14.8. The quantitative estimate of drug-likeness (QED) is 0.642. The largest absolute Gasteiger partial charge is 0.419 e. The summed E-state index contributed by atoms with van der Waals surface area (Å²) in [5.41, 5.74) is 1.85. The van der Waals surface area contributed by atoms with E-state index >= 15 is 0 Å². The van der Waals surface area contributed by atoms with Crippen LogP contribution in [0, 0.1) is 5.92 Å². The first-order valence-corrected chi connectivity index (χ1v) is 11.0. The minimum Gasteiger partial charge on any atom is -0.419 e. The van der Waals surface area contributed by atoms with E-state index in [2.05, 4.69) is 34.3 Å². The molecule has 0 saturated carbocycles. The molecule has 0 aliphatic carbocycles. The van der Waals surface area contributed by atoms with Crippen LogP contribution in [0.4, 0.5) is 0 Å². The van der Waals surface area contributed by atoms with Crippen molar-refractivity contribution >= 4 is 16.8 Å². The van der Waals surface area contributed by atoms with Gasteiger partial charge in [0.1, 0.15) is 6.54 Å². The third-order valence-electron chi connectivity index (χ3n) is 6.05. The summed E-state index contributed by atoms with van der Waals surface area (Å²) in [5, 5.41) is 12.6. The first kappa shape index (κ1) is 20.6. The summed E-state index contributed by atoms with van der Waals surface area (Å²) in [6, 6.07) is 8.17. The molecular formula is C23H31N5O2. The maximum Gasteiger partial charge on any atom is 0.249 e. The number of para-hydroxylation sites is 1. The first-order chi connectivity index (χ1) is 14.5. The number of fused-ring (bicyclic) bond motifs is 1. The number of nitrogens with one attached hydrogen (secondary N) is 1. The van der Waals surface area contributed by atoms with Gasteiger partial charge in [0, 0.05) is 23.1 Å². The van der Waals surface area contributed by atoms with Gasteiger partial charge in [0.2, 0.25) is 17.7 Å². The molecule has 2 aromatic heterocycles. The zero-order valence-corrected chi connectivity index (χ0v) is 18.1. The van der Waals surface area contributed by atoms with Gasteiger partial charge in [-0.25, -0.2) is 0 Å². The second kappa shape index (κ2) is 9.00. The standard InChI is InChI=1S/C23H31N5O2/c1-4-17(3)24-21(29)14-28-13-19(18-7-5-6-8-20(18)28)23-26-25-22(30-23)15-27-11-9-16(2)10-12-27/h5-8,13,16-17H,4,9-12,14-15H2,1-3H3,(H,24,29). The van der Waals surface area contributed by atoms with Crippen molar-refractivity contribution in [2.45, 2.75) is 59.2 Å². The fourth-order valence-electron chi connectivity index (χ4n) is 3.96. The van der Waals surface area contributed by atoms with Crippen LogP contribution in [0.15, 0.2) is 34.9 Å². The Morgan fingerprint density at radius 3 is 2.80 bits per heavy atom. The molecule has 4 rings (SSSR count). The van der Waals surface area contributed by atoms with E-state index < -0.39 is 0 Å². The van der Waals surface area contributed by atoms with Crippen LogP contribution in [0.3, 0.4) is 0 Å². The van der Waals surface area contributed by atoms with Crippen LogP contribution in [0.5, 0.6) is 0 Å². The number of benzene rings is 1. The predicted octanol–water partition coefficient (Wildman–Crippen LogP) is 3.84. The van der Waals surface area contributed by atoms with Crippen LogP contribution in [-0.4, -0.2) is 44.7 Å². The number of rotatable bonds is 7. The zero-order valence-electron chi connectivity index (χ0n) is 18.1. The molecule has 7 heteroatoms. The zero-order chi connectivity index (χ0) is 21.1. The summed E-state index contributed by atoms with van der Waals surface area (Å²) >= 11 is 0. The van der Waals surface area contributed by atoms with Crippen LogP contribution < -0.4 is 5.32 Å². The summed E-state index contributed by atoms with van der Waals surface area (Å²) in [5.74, 6) is 1.95. The number of nitrogens with zero attached hydrogens (tertiary/aromatic N) is 4. The van der Waals surface area contributed by atoms with Gasteiger partial charge >= 0.3 is 0 Å². The van der Waals surface area contributed by atoms with Crippen LogP contribution in [0.2, 0.25) is 0 Å². The Balaban J connectivity index is 1.54. The number of hydrogen-bond acceptors (Lipinski definition) is 5. The van der Waals surface area contributed by atoms with Crippen molar-refractivity contribution in [3.05, 3.63) is 36.4 Å². The van der Waals surface area contributed by atoms with Gasteiger partial charge in [0.05, 0.1) is 12.1 Å². The lowest BCUT2D eigenvalue weighted by Gasteiger charge is -2.28. The van der Waals surface area contributed by atoms with Gasteiger partial charge in [-0.05, 0) is 51.3 Å². The molecule has 3 aromatic rings. The molecule has 1 aliphatic rings.